The fourth-order valence-corrected chi connectivity index (χ4v) is 4.82. The maximum Gasteiger partial charge on any atom is 0.337 e. The highest BCUT2D eigenvalue weighted by atomic mass is 16.5. The van der Waals surface area contributed by atoms with E-state index >= 15 is 0 Å². The molecule has 188 valence electrons. The topological polar surface area (TPSA) is 109 Å². The van der Waals surface area contributed by atoms with Gasteiger partial charge in [0.1, 0.15) is 5.82 Å². The van der Waals surface area contributed by atoms with Gasteiger partial charge in [0.25, 0.3) is 5.56 Å². The smallest absolute Gasteiger partial charge is 0.337 e. The van der Waals surface area contributed by atoms with E-state index < -0.39 is 5.97 Å². The summed E-state index contributed by atoms with van der Waals surface area (Å²) in [6, 6.07) is 12.1. The van der Waals surface area contributed by atoms with Crippen molar-refractivity contribution in [3.63, 3.8) is 0 Å². The van der Waals surface area contributed by atoms with Gasteiger partial charge < -0.3 is 14.6 Å². The number of methoxy groups -OCH3 is 1. The third kappa shape index (κ3) is 5.53. The number of ketones is 1. The number of rotatable bonds is 7. The van der Waals surface area contributed by atoms with Crippen molar-refractivity contribution in [2.75, 3.05) is 20.2 Å². The van der Waals surface area contributed by atoms with Crippen LogP contribution in [-0.2, 0) is 16.0 Å². The van der Waals surface area contributed by atoms with E-state index in [0.717, 1.165) is 5.56 Å². The summed E-state index contributed by atoms with van der Waals surface area (Å²) in [5.74, 6) is -0.0434. The molecule has 2 heterocycles. The molecule has 1 aliphatic heterocycles. The third-order valence-electron chi connectivity index (χ3n) is 6.84. The van der Waals surface area contributed by atoms with Crippen LogP contribution in [0.5, 0.6) is 0 Å². The average Bonchev–Trinajstić information content (AvgIpc) is 2.88. The van der Waals surface area contributed by atoms with Gasteiger partial charge in [0.05, 0.1) is 23.6 Å². The van der Waals surface area contributed by atoms with E-state index in [4.69, 9.17) is 4.74 Å². The number of ether oxygens (including phenoxy) is 1. The van der Waals surface area contributed by atoms with Crippen LogP contribution < -0.4 is 5.56 Å². The molecule has 3 aromatic rings. The molecular formula is C28H31N3O5. The zero-order valence-electron chi connectivity index (χ0n) is 20.9. The average molecular weight is 490 g/mol. The highest BCUT2D eigenvalue weighted by Crippen LogP contribution is 2.24. The number of benzene rings is 2. The number of esters is 1. The number of Topliss-reactive ketones (excluding diaryl/α,β-unsaturated/α-hetero) is 1. The highest BCUT2D eigenvalue weighted by molar-refractivity contribution is 6.00. The first-order valence-corrected chi connectivity index (χ1v) is 12.3. The third-order valence-corrected chi connectivity index (χ3v) is 6.84. The van der Waals surface area contributed by atoms with Crippen LogP contribution in [0.1, 0.15) is 58.3 Å². The molecule has 8 heteroatoms. The maximum absolute atomic E-state index is 13.0. The van der Waals surface area contributed by atoms with Crippen LogP contribution >= 0.6 is 0 Å². The number of nitrogens with one attached hydrogen (secondary N) is 1. The molecule has 1 aromatic heterocycles. The second-order valence-corrected chi connectivity index (χ2v) is 9.59. The first-order valence-electron chi connectivity index (χ1n) is 12.3. The van der Waals surface area contributed by atoms with E-state index in [9.17, 15) is 19.2 Å². The minimum absolute atomic E-state index is 0.00235. The van der Waals surface area contributed by atoms with Crippen molar-refractivity contribution in [1.82, 2.24) is 14.9 Å². The molecule has 0 unspecified atom stereocenters. The lowest BCUT2D eigenvalue weighted by molar-refractivity contribution is -0.133. The molecule has 0 saturated carbocycles. The Morgan fingerprint density at radius 3 is 2.53 bits per heavy atom. The van der Waals surface area contributed by atoms with Crippen LogP contribution in [0.3, 0.4) is 0 Å². The lowest BCUT2D eigenvalue weighted by Gasteiger charge is -2.32. The number of hydrogen-bond donors (Lipinski definition) is 1. The van der Waals surface area contributed by atoms with Crippen molar-refractivity contribution in [3.05, 3.63) is 75.3 Å². The van der Waals surface area contributed by atoms with E-state index in [-0.39, 0.29) is 29.1 Å². The second kappa shape index (κ2) is 10.8. The molecule has 4 rings (SSSR count). The molecule has 1 atom stereocenters. The number of fused-ring (bicyclic) bond motifs is 1. The Morgan fingerprint density at radius 1 is 1.11 bits per heavy atom. The number of aromatic amines is 1. The Balaban J connectivity index is 1.32. The van der Waals surface area contributed by atoms with Crippen molar-refractivity contribution in [2.45, 2.75) is 39.5 Å². The minimum atomic E-state index is -0.475. The summed E-state index contributed by atoms with van der Waals surface area (Å²) in [7, 11) is 1.31. The number of para-hydroxylation sites is 1. The van der Waals surface area contributed by atoms with E-state index in [2.05, 4.69) is 9.97 Å². The molecule has 0 aliphatic carbocycles. The highest BCUT2D eigenvalue weighted by Gasteiger charge is 2.29. The summed E-state index contributed by atoms with van der Waals surface area (Å²) in [6.45, 7) is 4.94. The number of aromatic nitrogens is 2. The summed E-state index contributed by atoms with van der Waals surface area (Å²) in [4.78, 5) is 59.4. The number of nitrogens with zero attached hydrogens (tertiary/aromatic N) is 2. The molecule has 0 radical (unpaired) electrons. The monoisotopic (exact) mass is 489 g/mol. The summed E-state index contributed by atoms with van der Waals surface area (Å²) in [5, 5.41) is 0.567. The van der Waals surface area contributed by atoms with Crippen molar-refractivity contribution in [1.29, 1.82) is 0 Å². The molecule has 0 spiro atoms. The van der Waals surface area contributed by atoms with Crippen molar-refractivity contribution in [2.24, 2.45) is 11.8 Å². The van der Waals surface area contributed by atoms with Crippen LogP contribution in [0, 0.1) is 18.8 Å². The fraction of sp³-hybridized carbons (Fsp3) is 0.393. The van der Waals surface area contributed by atoms with Crippen LogP contribution in [0.15, 0.2) is 47.3 Å². The van der Waals surface area contributed by atoms with Gasteiger partial charge in [-0.15, -0.1) is 0 Å². The predicted octanol–water partition coefficient (Wildman–Crippen LogP) is 3.71. The number of piperidine rings is 1. The van der Waals surface area contributed by atoms with E-state index in [1.54, 1.807) is 30.3 Å². The van der Waals surface area contributed by atoms with Gasteiger partial charge in [0.15, 0.2) is 5.78 Å². The number of H-pyrrole nitrogens is 1. The van der Waals surface area contributed by atoms with E-state index in [0.29, 0.717) is 66.6 Å². The van der Waals surface area contributed by atoms with Crippen LogP contribution in [0.2, 0.25) is 0 Å². The zero-order valence-corrected chi connectivity index (χ0v) is 20.9. The Kier molecular flexibility index (Phi) is 7.62. The lowest BCUT2D eigenvalue weighted by Crippen LogP contribution is -2.41. The molecule has 1 saturated heterocycles. The van der Waals surface area contributed by atoms with E-state index in [1.165, 1.54) is 7.11 Å². The van der Waals surface area contributed by atoms with Gasteiger partial charge in [0.2, 0.25) is 5.91 Å². The summed E-state index contributed by atoms with van der Waals surface area (Å²) < 4.78 is 4.74. The van der Waals surface area contributed by atoms with Gasteiger partial charge in [0, 0.05) is 37.4 Å². The molecule has 0 bridgehead atoms. The normalized spacial score (nSPS) is 15.0. The van der Waals surface area contributed by atoms with Crippen molar-refractivity contribution in [3.8, 4) is 0 Å². The lowest BCUT2D eigenvalue weighted by atomic mass is 9.88. The molecule has 1 N–H and O–H groups in total. The van der Waals surface area contributed by atoms with Gasteiger partial charge in [-0.2, -0.15) is 0 Å². The molecule has 36 heavy (non-hydrogen) atoms. The minimum Gasteiger partial charge on any atom is -0.465 e. The zero-order chi connectivity index (χ0) is 25.8. The largest absolute Gasteiger partial charge is 0.465 e. The Hall–Kier alpha value is -3.81. The van der Waals surface area contributed by atoms with Crippen LogP contribution in [0.25, 0.3) is 10.9 Å². The SMILES string of the molecule is COC(=O)c1cccc(C(=O)C2CCN(C(=O)C[C@H](C)Cc3nc4c(C)cccc4c(=O)[nH]3)CC2)c1. The fourth-order valence-electron chi connectivity index (χ4n) is 4.82. The van der Waals surface area contributed by atoms with Gasteiger partial charge in [-0.3, -0.25) is 14.4 Å². The number of amides is 1. The van der Waals surface area contributed by atoms with Gasteiger partial charge in [-0.25, -0.2) is 9.78 Å². The number of carbonyl (C=O) groups is 3. The Bertz CT molecular complexity index is 1350. The first-order chi connectivity index (χ1) is 17.3. The molecular weight excluding hydrogens is 458 g/mol. The summed E-state index contributed by atoms with van der Waals surface area (Å²) >= 11 is 0. The molecule has 2 aromatic carbocycles. The molecule has 1 aliphatic rings. The predicted molar refractivity (Wildman–Crippen MR) is 136 cm³/mol. The molecule has 1 fully saturated rings. The Labute approximate surface area is 209 Å². The first kappa shape index (κ1) is 25.3. The number of hydrogen-bond acceptors (Lipinski definition) is 6. The van der Waals surface area contributed by atoms with Crippen LogP contribution in [-0.4, -0.2) is 52.7 Å². The molecule has 1 amide bonds. The van der Waals surface area contributed by atoms with Crippen LogP contribution in [0.4, 0.5) is 0 Å². The van der Waals surface area contributed by atoms with Crippen molar-refractivity contribution >= 4 is 28.6 Å². The van der Waals surface area contributed by atoms with Gasteiger partial charge >= 0.3 is 5.97 Å². The number of carbonyl (C=O) groups excluding carboxylic acids is 3. The molecule has 8 nitrogen and oxygen atoms in total. The standard InChI is InChI=1S/C28H31N3O5/c1-17(14-23-29-25-18(2)6-4-9-22(25)27(34)30-23)15-24(32)31-12-10-19(11-13-31)26(33)20-7-5-8-21(16-20)28(35)36-3/h4-9,16-17,19H,10-15H2,1-3H3,(H,29,30,34)/t17-/m1/s1. The second-order valence-electron chi connectivity index (χ2n) is 9.59. The Morgan fingerprint density at radius 2 is 1.81 bits per heavy atom. The van der Waals surface area contributed by atoms with Gasteiger partial charge in [-0.1, -0.05) is 31.2 Å². The summed E-state index contributed by atoms with van der Waals surface area (Å²) in [6.07, 6.45) is 2.01. The summed E-state index contributed by atoms with van der Waals surface area (Å²) in [5.41, 5.74) is 2.31. The van der Waals surface area contributed by atoms with Crippen molar-refractivity contribution < 1.29 is 19.1 Å². The number of aryl methyl sites for hydroxylation is 1. The maximum atomic E-state index is 13.0. The van der Waals surface area contributed by atoms with Gasteiger partial charge in [-0.05, 0) is 49.4 Å². The number of likely N-dealkylation sites (tertiary alicyclic amines) is 1. The quantitative estimate of drug-likeness (QED) is 0.400. The van der Waals surface area contributed by atoms with E-state index in [1.807, 2.05) is 30.9 Å².